The largest absolute Gasteiger partial charge is 0.416 e. The topological polar surface area (TPSA) is 46.2 Å². The molecule has 0 bridgehead atoms. The summed E-state index contributed by atoms with van der Waals surface area (Å²) in [6.45, 7) is 1.59. The molecule has 0 amide bonds. The highest BCUT2D eigenvalue weighted by atomic mass is 35.5. The van der Waals surface area contributed by atoms with Crippen molar-refractivity contribution in [3.05, 3.63) is 34.3 Å². The van der Waals surface area contributed by atoms with E-state index in [1.54, 1.807) is 6.92 Å². The molecule has 1 aromatic carbocycles. The van der Waals surface area contributed by atoms with Crippen molar-refractivity contribution in [3.63, 3.8) is 0 Å². The van der Waals surface area contributed by atoms with Crippen molar-refractivity contribution >= 4 is 24.0 Å². The fourth-order valence-corrected chi connectivity index (χ4v) is 1.61. The van der Waals surface area contributed by atoms with Crippen molar-refractivity contribution in [1.82, 2.24) is 0 Å². The average Bonchev–Trinajstić information content (AvgIpc) is 2.14. The Balaban J connectivity index is 0.00000256. The van der Waals surface area contributed by atoms with Crippen LogP contribution in [0.2, 0.25) is 5.02 Å². The number of aliphatic hydroxyl groups is 1. The molecule has 98 valence electrons. The standard InChI is InChI=1S/C10H11ClF3NO.ClH/c1-5-4-6(11)2-3-7(5)8(15)9(16)10(12,13)14;/h2-4,8-9,16H,15H2,1H3;1H/t8-,9-;/m1./s1. The molecule has 17 heavy (non-hydrogen) atoms. The highest BCUT2D eigenvalue weighted by Crippen LogP contribution is 2.30. The van der Waals surface area contributed by atoms with Crippen LogP contribution in [0.1, 0.15) is 17.2 Å². The van der Waals surface area contributed by atoms with E-state index in [0.717, 1.165) is 0 Å². The molecule has 3 N–H and O–H groups in total. The third kappa shape index (κ3) is 4.03. The van der Waals surface area contributed by atoms with Crippen LogP contribution in [-0.4, -0.2) is 17.4 Å². The number of nitrogens with two attached hydrogens (primary N) is 1. The molecule has 1 rings (SSSR count). The number of aryl methyl sites for hydroxylation is 1. The molecule has 0 aliphatic heterocycles. The number of hydrogen-bond donors (Lipinski definition) is 2. The fraction of sp³-hybridized carbons (Fsp3) is 0.400. The van der Waals surface area contributed by atoms with Crippen LogP contribution in [0.5, 0.6) is 0 Å². The quantitative estimate of drug-likeness (QED) is 0.879. The van der Waals surface area contributed by atoms with Gasteiger partial charge in [0.15, 0.2) is 6.10 Å². The van der Waals surface area contributed by atoms with Gasteiger partial charge in [-0.3, -0.25) is 0 Å². The van der Waals surface area contributed by atoms with E-state index >= 15 is 0 Å². The zero-order chi connectivity index (χ0) is 12.5. The molecule has 0 radical (unpaired) electrons. The number of benzene rings is 1. The predicted molar refractivity (Wildman–Crippen MR) is 62.4 cm³/mol. The van der Waals surface area contributed by atoms with E-state index in [0.29, 0.717) is 10.6 Å². The highest BCUT2D eigenvalue weighted by Gasteiger charge is 2.42. The predicted octanol–water partition coefficient (Wildman–Crippen LogP) is 2.99. The van der Waals surface area contributed by atoms with Gasteiger partial charge in [-0.05, 0) is 30.2 Å². The van der Waals surface area contributed by atoms with E-state index in [1.807, 2.05) is 0 Å². The summed E-state index contributed by atoms with van der Waals surface area (Å²) in [5, 5.41) is 9.43. The first-order valence-corrected chi connectivity index (χ1v) is 4.87. The molecule has 2 atom stereocenters. The monoisotopic (exact) mass is 289 g/mol. The van der Waals surface area contributed by atoms with E-state index in [2.05, 4.69) is 0 Å². The molecule has 0 fully saturated rings. The maximum atomic E-state index is 12.2. The van der Waals surface area contributed by atoms with Crippen molar-refractivity contribution in [3.8, 4) is 0 Å². The van der Waals surface area contributed by atoms with Gasteiger partial charge >= 0.3 is 6.18 Å². The zero-order valence-electron chi connectivity index (χ0n) is 8.83. The second-order valence-electron chi connectivity index (χ2n) is 3.51. The van der Waals surface area contributed by atoms with Gasteiger partial charge in [-0.15, -0.1) is 12.4 Å². The van der Waals surface area contributed by atoms with Crippen LogP contribution in [0.25, 0.3) is 0 Å². The van der Waals surface area contributed by atoms with Crippen molar-refractivity contribution in [2.75, 3.05) is 0 Å². The lowest BCUT2D eigenvalue weighted by Crippen LogP contribution is -2.39. The molecule has 0 unspecified atom stereocenters. The van der Waals surface area contributed by atoms with E-state index in [-0.39, 0.29) is 18.0 Å². The molecule has 0 spiro atoms. The van der Waals surface area contributed by atoms with Gasteiger partial charge in [0.05, 0.1) is 6.04 Å². The summed E-state index contributed by atoms with van der Waals surface area (Å²) in [5.41, 5.74) is 6.11. The Morgan fingerprint density at radius 3 is 2.29 bits per heavy atom. The van der Waals surface area contributed by atoms with Gasteiger partial charge in [0.2, 0.25) is 0 Å². The molecule has 2 nitrogen and oxygen atoms in total. The fourth-order valence-electron chi connectivity index (χ4n) is 1.39. The summed E-state index contributed by atoms with van der Waals surface area (Å²) in [5.74, 6) is 0. The zero-order valence-corrected chi connectivity index (χ0v) is 10.4. The second kappa shape index (κ2) is 5.91. The van der Waals surface area contributed by atoms with Gasteiger partial charge in [0, 0.05) is 5.02 Å². The van der Waals surface area contributed by atoms with Gasteiger partial charge in [-0.25, -0.2) is 0 Å². The van der Waals surface area contributed by atoms with Gasteiger partial charge in [0.25, 0.3) is 0 Å². The maximum absolute atomic E-state index is 12.2. The van der Waals surface area contributed by atoms with Crippen LogP contribution in [0.15, 0.2) is 18.2 Å². The van der Waals surface area contributed by atoms with Gasteiger partial charge in [0.1, 0.15) is 0 Å². The Morgan fingerprint density at radius 1 is 1.35 bits per heavy atom. The summed E-state index contributed by atoms with van der Waals surface area (Å²) in [7, 11) is 0. The molecular weight excluding hydrogens is 278 g/mol. The summed E-state index contributed by atoms with van der Waals surface area (Å²) in [4.78, 5) is 0. The Hall–Kier alpha value is -0.490. The molecule has 0 saturated heterocycles. The molecule has 1 aromatic rings. The lowest BCUT2D eigenvalue weighted by atomic mass is 9.97. The third-order valence-corrected chi connectivity index (χ3v) is 2.50. The number of halogens is 5. The first-order valence-electron chi connectivity index (χ1n) is 4.50. The molecular formula is C10H12Cl2F3NO. The van der Waals surface area contributed by atoms with Gasteiger partial charge in [-0.2, -0.15) is 13.2 Å². The first-order chi connectivity index (χ1) is 7.23. The lowest BCUT2D eigenvalue weighted by Gasteiger charge is -2.23. The molecule has 0 heterocycles. The number of aliphatic hydroxyl groups excluding tert-OH is 1. The minimum absolute atomic E-state index is 0. The van der Waals surface area contributed by atoms with Crippen LogP contribution in [0.3, 0.4) is 0 Å². The van der Waals surface area contributed by atoms with Crippen molar-refractivity contribution in [1.29, 1.82) is 0 Å². The van der Waals surface area contributed by atoms with Crippen LogP contribution in [0.4, 0.5) is 13.2 Å². The molecule has 0 aromatic heterocycles. The third-order valence-electron chi connectivity index (χ3n) is 2.27. The highest BCUT2D eigenvalue weighted by molar-refractivity contribution is 6.30. The molecule has 0 saturated carbocycles. The Labute approximate surface area is 108 Å². The summed E-state index contributed by atoms with van der Waals surface area (Å²) in [6.07, 6.45) is -7.31. The minimum Gasteiger partial charge on any atom is -0.382 e. The number of alkyl halides is 3. The SMILES string of the molecule is Cc1cc(Cl)ccc1[C@@H](N)[C@@H](O)C(F)(F)F.Cl. The van der Waals surface area contributed by atoms with Crippen molar-refractivity contribution in [2.24, 2.45) is 5.73 Å². The van der Waals surface area contributed by atoms with E-state index in [9.17, 15) is 13.2 Å². The second-order valence-corrected chi connectivity index (χ2v) is 3.95. The Bertz CT molecular complexity index is 384. The molecule has 0 aliphatic carbocycles. The van der Waals surface area contributed by atoms with Crippen LogP contribution < -0.4 is 5.73 Å². The van der Waals surface area contributed by atoms with Crippen LogP contribution in [-0.2, 0) is 0 Å². The minimum atomic E-state index is -4.73. The van der Waals surface area contributed by atoms with Crippen LogP contribution in [0, 0.1) is 6.92 Å². The van der Waals surface area contributed by atoms with Crippen molar-refractivity contribution in [2.45, 2.75) is 25.2 Å². The first kappa shape index (κ1) is 16.5. The van der Waals surface area contributed by atoms with Gasteiger partial charge in [-0.1, -0.05) is 17.7 Å². The lowest BCUT2D eigenvalue weighted by molar-refractivity contribution is -0.210. The van der Waals surface area contributed by atoms with Crippen molar-refractivity contribution < 1.29 is 18.3 Å². The normalized spacial score (nSPS) is 15.0. The number of hydrogen-bond acceptors (Lipinski definition) is 2. The summed E-state index contributed by atoms with van der Waals surface area (Å²) in [6, 6.07) is 2.82. The summed E-state index contributed by atoms with van der Waals surface area (Å²) >= 11 is 5.67. The van der Waals surface area contributed by atoms with E-state index in [4.69, 9.17) is 22.4 Å². The maximum Gasteiger partial charge on any atom is 0.416 e. The summed E-state index contributed by atoms with van der Waals surface area (Å²) < 4.78 is 36.7. The van der Waals surface area contributed by atoms with E-state index < -0.39 is 18.3 Å². The smallest absolute Gasteiger partial charge is 0.382 e. The molecule has 7 heteroatoms. The van der Waals surface area contributed by atoms with Gasteiger partial charge < -0.3 is 10.8 Å². The average molecular weight is 290 g/mol. The Kier molecular flexibility index (Phi) is 5.74. The number of rotatable bonds is 2. The van der Waals surface area contributed by atoms with Crippen LogP contribution >= 0.6 is 24.0 Å². The molecule has 0 aliphatic rings. The van der Waals surface area contributed by atoms with E-state index in [1.165, 1.54) is 18.2 Å². The Morgan fingerprint density at radius 2 is 1.88 bits per heavy atom.